The Bertz CT molecular complexity index is 965. The molecule has 6 nitrogen and oxygen atoms in total. The molecule has 1 atom stereocenters. The predicted molar refractivity (Wildman–Crippen MR) is 120 cm³/mol. The molecule has 1 heterocycles. The predicted octanol–water partition coefficient (Wildman–Crippen LogP) is 3.45. The van der Waals surface area contributed by atoms with E-state index in [0.717, 1.165) is 23.2 Å². The lowest BCUT2D eigenvalue weighted by Crippen LogP contribution is -2.50. The zero-order valence-electron chi connectivity index (χ0n) is 18.0. The van der Waals surface area contributed by atoms with Gasteiger partial charge in [-0.2, -0.15) is 4.31 Å². The van der Waals surface area contributed by atoms with Crippen molar-refractivity contribution in [1.29, 1.82) is 0 Å². The van der Waals surface area contributed by atoms with E-state index in [1.807, 2.05) is 42.2 Å². The van der Waals surface area contributed by atoms with Crippen molar-refractivity contribution in [3.63, 3.8) is 0 Å². The lowest BCUT2D eigenvalue weighted by atomic mass is 9.97. The van der Waals surface area contributed by atoms with Gasteiger partial charge in [0.1, 0.15) is 0 Å². The molecule has 7 heteroatoms. The van der Waals surface area contributed by atoms with Gasteiger partial charge in [0, 0.05) is 31.9 Å². The molecule has 0 aliphatic carbocycles. The Morgan fingerprint density at radius 3 is 2.30 bits per heavy atom. The van der Waals surface area contributed by atoms with Gasteiger partial charge in [-0.25, -0.2) is 8.42 Å². The molecule has 0 aromatic heterocycles. The van der Waals surface area contributed by atoms with E-state index >= 15 is 0 Å². The molecule has 162 valence electrons. The molecule has 0 unspecified atom stereocenters. The first-order valence-electron chi connectivity index (χ1n) is 10.5. The number of anilines is 1. The average Bonchev–Trinajstić information content (AvgIpc) is 2.74. The van der Waals surface area contributed by atoms with Crippen LogP contribution in [0.1, 0.15) is 37.3 Å². The summed E-state index contributed by atoms with van der Waals surface area (Å²) in [6.45, 7) is 8.30. The van der Waals surface area contributed by atoms with Crippen molar-refractivity contribution in [3.8, 4) is 0 Å². The van der Waals surface area contributed by atoms with Crippen LogP contribution in [-0.2, 0) is 14.8 Å². The number of carbonyl (C=O) groups is 1. The molecule has 1 saturated heterocycles. The van der Waals surface area contributed by atoms with Crippen molar-refractivity contribution >= 4 is 21.6 Å². The van der Waals surface area contributed by atoms with Crippen LogP contribution in [0.15, 0.2) is 53.4 Å². The summed E-state index contributed by atoms with van der Waals surface area (Å²) in [4.78, 5) is 14.9. The number of hydrogen-bond acceptors (Lipinski definition) is 4. The third-order valence-corrected chi connectivity index (χ3v) is 7.65. The van der Waals surface area contributed by atoms with Crippen LogP contribution in [-0.4, -0.2) is 56.3 Å². The van der Waals surface area contributed by atoms with E-state index in [1.54, 1.807) is 12.1 Å². The van der Waals surface area contributed by atoms with Gasteiger partial charge < -0.3 is 5.32 Å². The van der Waals surface area contributed by atoms with E-state index in [9.17, 15) is 13.2 Å². The van der Waals surface area contributed by atoms with Gasteiger partial charge in [0.25, 0.3) is 0 Å². The molecule has 1 fully saturated rings. The molecule has 0 bridgehead atoms. The average molecular weight is 430 g/mol. The largest absolute Gasteiger partial charge is 0.325 e. The minimum absolute atomic E-state index is 0.0689. The molecule has 0 spiro atoms. The number of amides is 1. The molecule has 1 N–H and O–H groups in total. The highest BCUT2D eigenvalue weighted by atomic mass is 32.2. The second kappa shape index (κ2) is 9.73. The standard InChI is InChI=1S/C23H31N3O3S/c1-4-19(3)21-7-5-6-8-22(21)24-23(27)17-25-13-15-26(16-14-25)30(28,29)20-11-9-18(2)10-12-20/h5-12,19H,4,13-17H2,1-3H3,(H,24,27)/t19-/m1/s1. The number of nitrogens with zero attached hydrogens (tertiary/aromatic N) is 2. The molecule has 1 amide bonds. The van der Waals surface area contributed by atoms with Crippen molar-refractivity contribution in [1.82, 2.24) is 9.21 Å². The normalized spacial score (nSPS) is 16.9. The third kappa shape index (κ3) is 5.28. The van der Waals surface area contributed by atoms with Gasteiger partial charge in [-0.15, -0.1) is 0 Å². The fraction of sp³-hybridized carbons (Fsp3) is 0.435. The van der Waals surface area contributed by atoms with Gasteiger partial charge in [-0.3, -0.25) is 9.69 Å². The molecule has 1 aliphatic rings. The zero-order chi connectivity index (χ0) is 21.7. The quantitative estimate of drug-likeness (QED) is 0.732. The number of carbonyl (C=O) groups excluding carboxylic acids is 1. The van der Waals surface area contributed by atoms with Crippen LogP contribution in [0.5, 0.6) is 0 Å². The van der Waals surface area contributed by atoms with Gasteiger partial charge >= 0.3 is 0 Å². The Balaban J connectivity index is 1.56. The monoisotopic (exact) mass is 429 g/mol. The highest BCUT2D eigenvalue weighted by Gasteiger charge is 2.29. The summed E-state index contributed by atoms with van der Waals surface area (Å²) < 4.78 is 27.2. The Morgan fingerprint density at radius 1 is 1.03 bits per heavy atom. The number of nitrogens with one attached hydrogen (secondary N) is 1. The van der Waals surface area contributed by atoms with Crippen molar-refractivity contribution in [2.24, 2.45) is 0 Å². The van der Waals surface area contributed by atoms with Gasteiger partial charge in [0.15, 0.2) is 0 Å². The highest BCUT2D eigenvalue weighted by Crippen LogP contribution is 2.26. The number of sulfonamides is 1. The van der Waals surface area contributed by atoms with E-state index in [0.29, 0.717) is 37.0 Å². The highest BCUT2D eigenvalue weighted by molar-refractivity contribution is 7.89. The van der Waals surface area contributed by atoms with Crippen molar-refractivity contribution in [3.05, 3.63) is 59.7 Å². The maximum Gasteiger partial charge on any atom is 0.243 e. The first kappa shape index (κ1) is 22.5. The zero-order valence-corrected chi connectivity index (χ0v) is 18.8. The lowest BCUT2D eigenvalue weighted by Gasteiger charge is -2.33. The van der Waals surface area contributed by atoms with Crippen LogP contribution in [0.3, 0.4) is 0 Å². The van der Waals surface area contributed by atoms with Crippen LogP contribution in [0.2, 0.25) is 0 Å². The third-order valence-electron chi connectivity index (χ3n) is 5.74. The number of para-hydroxylation sites is 1. The Kier molecular flexibility index (Phi) is 7.28. The van der Waals surface area contributed by atoms with E-state index in [2.05, 4.69) is 25.2 Å². The van der Waals surface area contributed by atoms with Crippen LogP contribution in [0.4, 0.5) is 5.69 Å². The topological polar surface area (TPSA) is 69.7 Å². The number of hydrogen-bond donors (Lipinski definition) is 1. The minimum Gasteiger partial charge on any atom is -0.325 e. The van der Waals surface area contributed by atoms with Gasteiger partial charge in [0.2, 0.25) is 15.9 Å². The lowest BCUT2D eigenvalue weighted by molar-refractivity contribution is -0.117. The molecule has 30 heavy (non-hydrogen) atoms. The van der Waals surface area contributed by atoms with Crippen molar-refractivity contribution in [2.45, 2.75) is 38.0 Å². The summed E-state index contributed by atoms with van der Waals surface area (Å²) in [7, 11) is -3.49. The molecule has 1 aliphatic heterocycles. The summed E-state index contributed by atoms with van der Waals surface area (Å²) in [5.41, 5.74) is 3.03. The molecule has 2 aromatic rings. The van der Waals surface area contributed by atoms with E-state index in [4.69, 9.17) is 0 Å². The van der Waals surface area contributed by atoms with E-state index in [1.165, 1.54) is 4.31 Å². The summed E-state index contributed by atoms with van der Waals surface area (Å²) in [6.07, 6.45) is 1.00. The van der Waals surface area contributed by atoms with Crippen LogP contribution >= 0.6 is 0 Å². The van der Waals surface area contributed by atoms with Gasteiger partial charge in [-0.05, 0) is 43.0 Å². The SMILES string of the molecule is CC[C@@H](C)c1ccccc1NC(=O)CN1CCN(S(=O)(=O)c2ccc(C)cc2)CC1. The number of benzene rings is 2. The molecule has 0 saturated carbocycles. The minimum atomic E-state index is -3.49. The Hall–Kier alpha value is -2.22. The molecule has 2 aromatic carbocycles. The first-order valence-corrected chi connectivity index (χ1v) is 11.9. The second-order valence-corrected chi connectivity index (χ2v) is 9.88. The summed E-state index contributed by atoms with van der Waals surface area (Å²) in [5, 5.41) is 3.03. The van der Waals surface area contributed by atoms with Crippen LogP contribution in [0, 0.1) is 6.92 Å². The number of rotatable bonds is 7. The smallest absolute Gasteiger partial charge is 0.243 e. The van der Waals surface area contributed by atoms with Gasteiger partial charge in [-0.1, -0.05) is 49.7 Å². The molecular weight excluding hydrogens is 398 g/mol. The second-order valence-electron chi connectivity index (χ2n) is 7.94. The number of aryl methyl sites for hydroxylation is 1. The first-order chi connectivity index (χ1) is 14.3. The van der Waals surface area contributed by atoms with Crippen LogP contribution < -0.4 is 5.32 Å². The molecular formula is C23H31N3O3S. The molecule has 0 radical (unpaired) electrons. The Labute approximate surface area is 179 Å². The van der Waals surface area contributed by atoms with E-state index in [-0.39, 0.29) is 12.5 Å². The summed E-state index contributed by atoms with van der Waals surface area (Å²) >= 11 is 0. The Morgan fingerprint density at radius 2 is 1.67 bits per heavy atom. The summed E-state index contributed by atoms with van der Waals surface area (Å²) in [6, 6.07) is 14.8. The summed E-state index contributed by atoms with van der Waals surface area (Å²) in [5.74, 6) is 0.303. The fourth-order valence-corrected chi connectivity index (χ4v) is 5.06. The maximum absolute atomic E-state index is 12.8. The van der Waals surface area contributed by atoms with Crippen molar-refractivity contribution in [2.75, 3.05) is 38.0 Å². The number of piperazine rings is 1. The fourth-order valence-electron chi connectivity index (χ4n) is 3.64. The maximum atomic E-state index is 12.8. The molecule has 3 rings (SSSR count). The van der Waals surface area contributed by atoms with Crippen molar-refractivity contribution < 1.29 is 13.2 Å². The van der Waals surface area contributed by atoms with E-state index < -0.39 is 10.0 Å². The van der Waals surface area contributed by atoms with Gasteiger partial charge in [0.05, 0.1) is 11.4 Å². The van der Waals surface area contributed by atoms with Crippen LogP contribution in [0.25, 0.3) is 0 Å².